The van der Waals surface area contributed by atoms with Crippen LogP contribution in [0.15, 0.2) is 23.2 Å². The maximum absolute atomic E-state index is 12.2. The molecule has 0 fully saturated rings. The van der Waals surface area contributed by atoms with E-state index in [1.165, 1.54) is 25.4 Å². The first-order chi connectivity index (χ1) is 7.91. The summed E-state index contributed by atoms with van der Waals surface area (Å²) >= 11 is 0. The highest BCUT2D eigenvalue weighted by Gasteiger charge is 2.27. The molecule has 0 saturated carbocycles. The second kappa shape index (κ2) is 5.12. The number of nitrogens with zero attached hydrogens (tertiary/aromatic N) is 3. The van der Waals surface area contributed by atoms with Crippen molar-refractivity contribution in [3.05, 3.63) is 18.3 Å². The van der Waals surface area contributed by atoms with Crippen molar-refractivity contribution in [2.75, 3.05) is 12.8 Å². The lowest BCUT2D eigenvalue weighted by atomic mass is 10.3. The fourth-order valence-corrected chi connectivity index (χ4v) is 2.70. The number of pyridine rings is 1. The molecule has 0 saturated heterocycles. The average Bonchev–Trinajstić information content (AvgIpc) is 2.28. The van der Waals surface area contributed by atoms with E-state index < -0.39 is 16.1 Å². The van der Waals surface area contributed by atoms with E-state index >= 15 is 0 Å². The molecule has 7 heteroatoms. The van der Waals surface area contributed by atoms with Crippen molar-refractivity contribution < 1.29 is 8.42 Å². The average molecular weight is 254 g/mol. The van der Waals surface area contributed by atoms with Crippen LogP contribution in [-0.4, -0.2) is 30.8 Å². The molecule has 0 aliphatic rings. The Balaban J connectivity index is 3.13. The summed E-state index contributed by atoms with van der Waals surface area (Å²) in [6.07, 6.45) is 1.54. The Bertz CT molecular complexity index is 535. The van der Waals surface area contributed by atoms with Crippen LogP contribution in [0.3, 0.4) is 0 Å². The van der Waals surface area contributed by atoms with Crippen molar-refractivity contribution in [1.29, 1.82) is 5.26 Å². The Labute approximate surface area is 101 Å². The molecule has 1 aromatic heterocycles. The Morgan fingerprint density at radius 2 is 2.29 bits per heavy atom. The van der Waals surface area contributed by atoms with Gasteiger partial charge in [-0.05, 0) is 19.1 Å². The normalized spacial score (nSPS) is 13.3. The van der Waals surface area contributed by atoms with Crippen LogP contribution in [-0.2, 0) is 10.0 Å². The quantitative estimate of drug-likeness (QED) is 0.847. The molecule has 1 aromatic rings. The largest absolute Gasteiger partial charge is 0.383 e. The smallest absolute Gasteiger partial charge is 0.246 e. The summed E-state index contributed by atoms with van der Waals surface area (Å²) in [5.41, 5.74) is 5.54. The molecule has 0 spiro atoms. The highest BCUT2D eigenvalue weighted by atomic mass is 32.2. The SMILES string of the molecule is CC(CC#N)N(C)S(=O)(=O)c1cccnc1N. The maximum atomic E-state index is 12.2. The molecule has 0 radical (unpaired) electrons. The zero-order chi connectivity index (χ0) is 13.1. The van der Waals surface area contributed by atoms with Crippen LogP contribution in [0, 0.1) is 11.3 Å². The standard InChI is InChI=1S/C10H14N4O2S/c1-8(5-6-11)14(2)17(15,16)9-4-3-7-13-10(9)12/h3-4,7-8H,5H2,1-2H3,(H2,12,13). The number of rotatable bonds is 4. The second-order valence-corrected chi connectivity index (χ2v) is 5.59. The van der Waals surface area contributed by atoms with Gasteiger partial charge in [-0.1, -0.05) is 0 Å². The fraction of sp³-hybridized carbons (Fsp3) is 0.400. The molecule has 0 aromatic carbocycles. The van der Waals surface area contributed by atoms with E-state index in [1.807, 2.05) is 6.07 Å². The lowest BCUT2D eigenvalue weighted by Crippen LogP contribution is -2.35. The van der Waals surface area contributed by atoms with Gasteiger partial charge in [0.15, 0.2) is 0 Å². The fourth-order valence-electron chi connectivity index (χ4n) is 1.27. The van der Waals surface area contributed by atoms with E-state index in [0.29, 0.717) is 0 Å². The number of nitrogens with two attached hydrogens (primary N) is 1. The minimum atomic E-state index is -3.70. The van der Waals surface area contributed by atoms with Gasteiger partial charge in [0.05, 0.1) is 12.5 Å². The summed E-state index contributed by atoms with van der Waals surface area (Å²) in [6, 6.07) is 4.42. The van der Waals surface area contributed by atoms with Crippen molar-refractivity contribution in [3.63, 3.8) is 0 Å². The van der Waals surface area contributed by atoms with Crippen LogP contribution in [0.4, 0.5) is 5.82 Å². The molecule has 0 aliphatic heterocycles. The Morgan fingerprint density at radius 1 is 1.65 bits per heavy atom. The summed E-state index contributed by atoms with van der Waals surface area (Å²) in [5.74, 6) is -0.0384. The third kappa shape index (κ3) is 2.72. The third-order valence-electron chi connectivity index (χ3n) is 2.46. The van der Waals surface area contributed by atoms with Crippen LogP contribution in [0.5, 0.6) is 0 Å². The van der Waals surface area contributed by atoms with Crippen LogP contribution < -0.4 is 5.73 Å². The van der Waals surface area contributed by atoms with Gasteiger partial charge in [0, 0.05) is 19.3 Å². The number of anilines is 1. The molecule has 1 atom stereocenters. The van der Waals surface area contributed by atoms with Crippen LogP contribution in [0.2, 0.25) is 0 Å². The maximum Gasteiger partial charge on any atom is 0.246 e. The molecule has 0 amide bonds. The Kier molecular flexibility index (Phi) is 4.04. The highest BCUT2D eigenvalue weighted by Crippen LogP contribution is 2.21. The molecule has 1 heterocycles. The molecular weight excluding hydrogens is 240 g/mol. The number of nitrogen functional groups attached to an aromatic ring is 1. The number of hydrogen-bond donors (Lipinski definition) is 1. The van der Waals surface area contributed by atoms with E-state index in [-0.39, 0.29) is 17.1 Å². The van der Waals surface area contributed by atoms with Crippen molar-refractivity contribution in [2.45, 2.75) is 24.3 Å². The minimum absolute atomic E-state index is 0.0349. The zero-order valence-corrected chi connectivity index (χ0v) is 10.5. The summed E-state index contributed by atoms with van der Waals surface area (Å²) < 4.78 is 25.5. The molecular formula is C10H14N4O2S. The first kappa shape index (κ1) is 13.4. The molecule has 6 nitrogen and oxygen atoms in total. The topological polar surface area (TPSA) is 100 Å². The Morgan fingerprint density at radius 3 is 2.82 bits per heavy atom. The summed E-state index contributed by atoms with van der Waals surface area (Å²) in [6.45, 7) is 1.66. The van der Waals surface area contributed by atoms with Crippen molar-refractivity contribution in [2.24, 2.45) is 0 Å². The summed E-state index contributed by atoms with van der Waals surface area (Å²) in [5, 5.41) is 8.57. The molecule has 92 valence electrons. The van der Waals surface area contributed by atoms with Gasteiger partial charge in [0.2, 0.25) is 10.0 Å². The Hall–Kier alpha value is -1.65. The van der Waals surface area contributed by atoms with Gasteiger partial charge in [-0.3, -0.25) is 0 Å². The molecule has 1 unspecified atom stereocenters. The van der Waals surface area contributed by atoms with Crippen LogP contribution in [0.25, 0.3) is 0 Å². The van der Waals surface area contributed by atoms with Crippen molar-refractivity contribution in [1.82, 2.24) is 9.29 Å². The first-order valence-corrected chi connectivity index (χ1v) is 6.40. The molecule has 1 rings (SSSR count). The molecule has 0 bridgehead atoms. The third-order valence-corrected chi connectivity index (χ3v) is 4.48. The van der Waals surface area contributed by atoms with E-state index in [9.17, 15) is 8.42 Å². The molecule has 2 N–H and O–H groups in total. The number of hydrogen-bond acceptors (Lipinski definition) is 5. The monoisotopic (exact) mass is 254 g/mol. The second-order valence-electron chi connectivity index (χ2n) is 3.62. The van der Waals surface area contributed by atoms with Gasteiger partial charge < -0.3 is 5.73 Å². The predicted octanol–water partition coefficient (Wildman–Crippen LogP) is 0.586. The minimum Gasteiger partial charge on any atom is -0.383 e. The number of aromatic nitrogens is 1. The van der Waals surface area contributed by atoms with Gasteiger partial charge in [0.1, 0.15) is 10.7 Å². The number of nitriles is 1. The van der Waals surface area contributed by atoms with Gasteiger partial charge in [-0.2, -0.15) is 9.57 Å². The van der Waals surface area contributed by atoms with Gasteiger partial charge in [0.25, 0.3) is 0 Å². The van der Waals surface area contributed by atoms with E-state index in [1.54, 1.807) is 6.92 Å². The summed E-state index contributed by atoms with van der Waals surface area (Å²) in [4.78, 5) is 3.71. The van der Waals surface area contributed by atoms with Crippen molar-refractivity contribution in [3.8, 4) is 6.07 Å². The van der Waals surface area contributed by atoms with E-state index in [0.717, 1.165) is 4.31 Å². The molecule has 0 aliphatic carbocycles. The lowest BCUT2D eigenvalue weighted by molar-refractivity contribution is 0.393. The summed E-state index contributed by atoms with van der Waals surface area (Å²) in [7, 11) is -2.28. The highest BCUT2D eigenvalue weighted by molar-refractivity contribution is 7.89. The molecule has 17 heavy (non-hydrogen) atoms. The van der Waals surface area contributed by atoms with Gasteiger partial charge >= 0.3 is 0 Å². The first-order valence-electron chi connectivity index (χ1n) is 4.96. The van der Waals surface area contributed by atoms with Crippen LogP contribution in [0.1, 0.15) is 13.3 Å². The van der Waals surface area contributed by atoms with Crippen molar-refractivity contribution >= 4 is 15.8 Å². The predicted molar refractivity (Wildman–Crippen MR) is 63.3 cm³/mol. The lowest BCUT2D eigenvalue weighted by Gasteiger charge is -2.22. The van der Waals surface area contributed by atoms with Crippen LogP contribution >= 0.6 is 0 Å². The number of sulfonamides is 1. The van der Waals surface area contributed by atoms with E-state index in [2.05, 4.69) is 4.98 Å². The van der Waals surface area contributed by atoms with Gasteiger partial charge in [-0.25, -0.2) is 13.4 Å². The van der Waals surface area contributed by atoms with E-state index in [4.69, 9.17) is 11.0 Å². The zero-order valence-electron chi connectivity index (χ0n) is 9.66. The van der Waals surface area contributed by atoms with Gasteiger partial charge in [-0.15, -0.1) is 0 Å².